The molecule has 1 aromatic carbocycles. The molecule has 2 aliphatic heterocycles. The Labute approximate surface area is 160 Å². The van der Waals surface area contributed by atoms with Crippen molar-refractivity contribution in [3.05, 3.63) is 52.2 Å². The standard InChI is InChI=1S/C19H21FN4O2S/c20-15-3-1-13(2-4-15)9-19(14-5-7-21-8-6-14)17(25)24(18(26)23-19)11-16-10-22-12-27-16/h1-4,10,12,14,21H,5-9,11H2,(H,23,26). The largest absolute Gasteiger partial charge is 0.325 e. The molecule has 0 aliphatic carbocycles. The summed E-state index contributed by atoms with van der Waals surface area (Å²) in [6.45, 7) is 1.85. The Hall–Kier alpha value is -2.32. The SMILES string of the molecule is O=C1NC(Cc2ccc(F)cc2)(C2CCNCC2)C(=O)N1Cc1cncs1. The highest BCUT2D eigenvalue weighted by atomic mass is 32.1. The van der Waals surface area contributed by atoms with Gasteiger partial charge in [-0.15, -0.1) is 11.3 Å². The number of nitrogens with zero attached hydrogens (tertiary/aromatic N) is 2. The van der Waals surface area contributed by atoms with E-state index in [1.165, 1.54) is 28.4 Å². The summed E-state index contributed by atoms with van der Waals surface area (Å²) in [6.07, 6.45) is 3.65. The number of nitrogens with one attached hydrogen (secondary N) is 2. The number of thiazole rings is 1. The molecule has 4 rings (SSSR count). The second kappa shape index (κ2) is 7.36. The van der Waals surface area contributed by atoms with Gasteiger partial charge < -0.3 is 10.6 Å². The first kappa shape index (κ1) is 18.1. The smallest absolute Gasteiger partial charge is 0.322 e. The van der Waals surface area contributed by atoms with E-state index in [-0.39, 0.29) is 30.2 Å². The molecule has 1 aromatic heterocycles. The molecule has 2 saturated heterocycles. The van der Waals surface area contributed by atoms with E-state index in [1.807, 2.05) is 0 Å². The van der Waals surface area contributed by atoms with Gasteiger partial charge in [-0.05, 0) is 49.5 Å². The first-order chi connectivity index (χ1) is 13.1. The van der Waals surface area contributed by atoms with E-state index in [1.54, 1.807) is 23.8 Å². The number of amides is 3. The van der Waals surface area contributed by atoms with Gasteiger partial charge in [0.25, 0.3) is 5.91 Å². The van der Waals surface area contributed by atoms with E-state index in [4.69, 9.17) is 0 Å². The van der Waals surface area contributed by atoms with Crippen LogP contribution in [0.2, 0.25) is 0 Å². The third kappa shape index (κ3) is 3.46. The number of carbonyl (C=O) groups excluding carboxylic acids is 2. The number of rotatable bonds is 5. The van der Waals surface area contributed by atoms with Crippen LogP contribution in [0.5, 0.6) is 0 Å². The van der Waals surface area contributed by atoms with Gasteiger partial charge in [-0.25, -0.2) is 9.18 Å². The lowest BCUT2D eigenvalue weighted by molar-refractivity contribution is -0.134. The van der Waals surface area contributed by atoms with Crippen LogP contribution in [0.3, 0.4) is 0 Å². The van der Waals surface area contributed by atoms with Crippen molar-refractivity contribution >= 4 is 23.3 Å². The van der Waals surface area contributed by atoms with Crippen molar-refractivity contribution in [3.8, 4) is 0 Å². The zero-order chi connectivity index (χ0) is 18.9. The molecule has 0 saturated carbocycles. The second-order valence-electron chi connectivity index (χ2n) is 7.09. The van der Waals surface area contributed by atoms with E-state index in [0.717, 1.165) is 36.4 Å². The van der Waals surface area contributed by atoms with Crippen LogP contribution < -0.4 is 10.6 Å². The van der Waals surface area contributed by atoms with Gasteiger partial charge in [-0.2, -0.15) is 0 Å². The molecule has 1 unspecified atom stereocenters. The number of carbonyl (C=O) groups is 2. The number of aromatic nitrogens is 1. The molecule has 0 spiro atoms. The van der Waals surface area contributed by atoms with Gasteiger partial charge in [0.1, 0.15) is 11.4 Å². The van der Waals surface area contributed by atoms with Crippen LogP contribution in [0.15, 0.2) is 36.0 Å². The van der Waals surface area contributed by atoms with Crippen molar-refractivity contribution in [3.63, 3.8) is 0 Å². The summed E-state index contributed by atoms with van der Waals surface area (Å²) in [7, 11) is 0. The van der Waals surface area contributed by atoms with Crippen molar-refractivity contribution in [2.45, 2.75) is 31.3 Å². The van der Waals surface area contributed by atoms with Gasteiger partial charge in [0, 0.05) is 17.5 Å². The fraction of sp³-hybridized carbons (Fsp3) is 0.421. The average molecular weight is 388 g/mol. The van der Waals surface area contributed by atoms with Crippen LogP contribution >= 0.6 is 11.3 Å². The molecule has 2 fully saturated rings. The summed E-state index contributed by atoms with van der Waals surface area (Å²) in [5.74, 6) is -0.480. The summed E-state index contributed by atoms with van der Waals surface area (Å²) in [4.78, 5) is 32.4. The van der Waals surface area contributed by atoms with Gasteiger partial charge in [-0.1, -0.05) is 12.1 Å². The molecule has 2 aliphatic rings. The van der Waals surface area contributed by atoms with E-state index in [9.17, 15) is 14.0 Å². The molecule has 2 aromatic rings. The number of urea groups is 1. The maximum absolute atomic E-state index is 13.5. The molecule has 1 atom stereocenters. The minimum Gasteiger partial charge on any atom is -0.322 e. The lowest BCUT2D eigenvalue weighted by Crippen LogP contribution is -2.57. The lowest BCUT2D eigenvalue weighted by Gasteiger charge is -2.38. The summed E-state index contributed by atoms with van der Waals surface area (Å²) < 4.78 is 13.3. The molecular weight excluding hydrogens is 367 g/mol. The Kier molecular flexibility index (Phi) is 4.92. The van der Waals surface area contributed by atoms with E-state index >= 15 is 0 Å². The van der Waals surface area contributed by atoms with Crippen LogP contribution in [0.4, 0.5) is 9.18 Å². The van der Waals surface area contributed by atoms with E-state index in [0.29, 0.717) is 6.42 Å². The summed E-state index contributed by atoms with van der Waals surface area (Å²) >= 11 is 1.42. The molecule has 8 heteroatoms. The zero-order valence-electron chi connectivity index (χ0n) is 14.8. The Balaban J connectivity index is 1.66. The average Bonchev–Trinajstić information content (AvgIpc) is 3.28. The van der Waals surface area contributed by atoms with Gasteiger partial charge >= 0.3 is 6.03 Å². The van der Waals surface area contributed by atoms with Crippen molar-refractivity contribution in [1.82, 2.24) is 20.5 Å². The Bertz CT molecular complexity index is 821. The van der Waals surface area contributed by atoms with Crippen molar-refractivity contribution < 1.29 is 14.0 Å². The van der Waals surface area contributed by atoms with Crippen molar-refractivity contribution in [1.29, 1.82) is 0 Å². The van der Waals surface area contributed by atoms with Crippen LogP contribution in [0.1, 0.15) is 23.3 Å². The quantitative estimate of drug-likeness (QED) is 0.771. The molecule has 0 radical (unpaired) electrons. The number of hydrogen-bond donors (Lipinski definition) is 2. The number of halogens is 1. The fourth-order valence-corrected chi connectivity index (χ4v) is 4.63. The third-order valence-corrected chi connectivity index (χ3v) is 6.20. The van der Waals surface area contributed by atoms with E-state index in [2.05, 4.69) is 15.6 Å². The molecule has 3 amide bonds. The minimum atomic E-state index is -0.984. The molecule has 2 N–H and O–H groups in total. The summed E-state index contributed by atoms with van der Waals surface area (Å²) in [5.41, 5.74) is 1.54. The highest BCUT2D eigenvalue weighted by molar-refractivity contribution is 7.09. The van der Waals surface area contributed by atoms with Gasteiger partial charge in [-0.3, -0.25) is 14.7 Å². The number of piperidine rings is 1. The maximum atomic E-state index is 13.5. The third-order valence-electron chi connectivity index (χ3n) is 5.43. The van der Waals surface area contributed by atoms with Crippen LogP contribution in [0, 0.1) is 11.7 Å². The predicted molar refractivity (Wildman–Crippen MR) is 99.6 cm³/mol. The molecule has 0 bridgehead atoms. The molecule has 27 heavy (non-hydrogen) atoms. The second-order valence-corrected chi connectivity index (χ2v) is 8.06. The highest BCUT2D eigenvalue weighted by Gasteiger charge is 2.55. The molecule has 6 nitrogen and oxygen atoms in total. The van der Waals surface area contributed by atoms with Crippen LogP contribution in [0.25, 0.3) is 0 Å². The first-order valence-corrected chi connectivity index (χ1v) is 9.93. The van der Waals surface area contributed by atoms with Gasteiger partial charge in [0.15, 0.2) is 0 Å². The summed E-state index contributed by atoms with van der Waals surface area (Å²) in [6, 6.07) is 5.78. The maximum Gasteiger partial charge on any atom is 0.325 e. The number of imide groups is 1. The monoisotopic (exact) mass is 388 g/mol. The Morgan fingerprint density at radius 1 is 1.22 bits per heavy atom. The number of hydrogen-bond acceptors (Lipinski definition) is 5. The topological polar surface area (TPSA) is 74.3 Å². The Morgan fingerprint density at radius 3 is 2.63 bits per heavy atom. The normalized spacial score (nSPS) is 23.7. The zero-order valence-corrected chi connectivity index (χ0v) is 15.6. The Morgan fingerprint density at radius 2 is 1.96 bits per heavy atom. The molecular formula is C19H21FN4O2S. The number of benzene rings is 1. The first-order valence-electron chi connectivity index (χ1n) is 9.05. The summed E-state index contributed by atoms with van der Waals surface area (Å²) in [5, 5.41) is 6.32. The fourth-order valence-electron chi connectivity index (χ4n) is 4.04. The van der Waals surface area contributed by atoms with Crippen LogP contribution in [-0.2, 0) is 17.8 Å². The van der Waals surface area contributed by atoms with Gasteiger partial charge in [0.05, 0.1) is 12.1 Å². The molecule has 3 heterocycles. The van der Waals surface area contributed by atoms with Crippen LogP contribution in [-0.4, -0.2) is 40.5 Å². The van der Waals surface area contributed by atoms with Crippen molar-refractivity contribution in [2.24, 2.45) is 5.92 Å². The predicted octanol–water partition coefficient (Wildman–Crippen LogP) is 2.32. The minimum absolute atomic E-state index is 0.0340. The van der Waals surface area contributed by atoms with Gasteiger partial charge in [0.2, 0.25) is 0 Å². The lowest BCUT2D eigenvalue weighted by atomic mass is 9.74. The van der Waals surface area contributed by atoms with Crippen molar-refractivity contribution in [2.75, 3.05) is 13.1 Å². The highest BCUT2D eigenvalue weighted by Crippen LogP contribution is 2.36. The molecule has 142 valence electrons. The van der Waals surface area contributed by atoms with E-state index < -0.39 is 5.54 Å².